The standard InChI is InChI=1S/C20H22F3N5O2/c1-12-6-13(2)26-19(25-12)28-9-14-7-27(8-15(14)10-28)18(29)16-4-3-5-24-17(16)30-11-20(21,22)23/h3-6,14-15H,7-11H2,1-2H3/t14-,15+. The van der Waals surface area contributed by atoms with E-state index in [0.29, 0.717) is 19.0 Å². The molecule has 0 N–H and O–H groups in total. The molecule has 1 amide bonds. The van der Waals surface area contributed by atoms with Crippen LogP contribution in [0.1, 0.15) is 21.7 Å². The van der Waals surface area contributed by atoms with Crippen molar-refractivity contribution in [2.75, 3.05) is 37.7 Å². The van der Waals surface area contributed by atoms with Crippen molar-refractivity contribution in [1.82, 2.24) is 19.9 Å². The molecule has 0 unspecified atom stereocenters. The number of anilines is 1. The van der Waals surface area contributed by atoms with Gasteiger partial charge in [0.1, 0.15) is 5.56 Å². The van der Waals surface area contributed by atoms with Crippen LogP contribution >= 0.6 is 0 Å². The maximum Gasteiger partial charge on any atom is 0.422 e. The highest BCUT2D eigenvalue weighted by molar-refractivity contribution is 5.96. The van der Waals surface area contributed by atoms with Crippen LogP contribution in [0, 0.1) is 25.7 Å². The summed E-state index contributed by atoms with van der Waals surface area (Å²) in [4.78, 5) is 29.6. The highest BCUT2D eigenvalue weighted by atomic mass is 19.4. The van der Waals surface area contributed by atoms with Crippen molar-refractivity contribution in [1.29, 1.82) is 0 Å². The molecule has 2 aromatic heterocycles. The normalized spacial score (nSPS) is 21.1. The van der Waals surface area contributed by atoms with Gasteiger partial charge in [0, 0.05) is 55.6 Å². The average molecular weight is 421 g/mol. The second-order valence-electron chi connectivity index (χ2n) is 7.85. The van der Waals surface area contributed by atoms with Gasteiger partial charge in [0.25, 0.3) is 5.91 Å². The largest absolute Gasteiger partial charge is 0.467 e. The number of amides is 1. The van der Waals surface area contributed by atoms with Gasteiger partial charge in [0.05, 0.1) is 0 Å². The number of likely N-dealkylation sites (tertiary alicyclic amines) is 1. The fraction of sp³-hybridized carbons (Fsp3) is 0.500. The van der Waals surface area contributed by atoms with Crippen molar-refractivity contribution in [3.8, 4) is 5.88 Å². The van der Waals surface area contributed by atoms with Gasteiger partial charge >= 0.3 is 6.18 Å². The van der Waals surface area contributed by atoms with Crippen LogP contribution in [-0.4, -0.2) is 64.7 Å². The molecule has 30 heavy (non-hydrogen) atoms. The summed E-state index contributed by atoms with van der Waals surface area (Å²) >= 11 is 0. The fourth-order valence-corrected chi connectivity index (χ4v) is 4.16. The van der Waals surface area contributed by atoms with Gasteiger partial charge in [0.2, 0.25) is 11.8 Å². The number of aryl methyl sites for hydroxylation is 2. The third kappa shape index (κ3) is 4.31. The van der Waals surface area contributed by atoms with Gasteiger partial charge in [-0.1, -0.05) is 0 Å². The second kappa shape index (κ2) is 7.73. The Morgan fingerprint density at radius 3 is 2.37 bits per heavy atom. The number of halogens is 3. The van der Waals surface area contributed by atoms with Crippen molar-refractivity contribution in [2.24, 2.45) is 11.8 Å². The number of fused-ring (bicyclic) bond motifs is 1. The minimum atomic E-state index is -4.50. The molecule has 0 radical (unpaired) electrons. The quantitative estimate of drug-likeness (QED) is 0.756. The second-order valence-corrected chi connectivity index (χ2v) is 7.85. The predicted octanol–water partition coefficient (Wildman–Crippen LogP) is 2.64. The van der Waals surface area contributed by atoms with Crippen molar-refractivity contribution >= 4 is 11.9 Å². The molecule has 2 aromatic rings. The van der Waals surface area contributed by atoms with Crippen LogP contribution in [0.5, 0.6) is 5.88 Å². The first-order chi connectivity index (χ1) is 14.2. The molecule has 7 nitrogen and oxygen atoms in total. The van der Waals surface area contributed by atoms with E-state index in [0.717, 1.165) is 24.5 Å². The molecular formula is C20H22F3N5O2. The summed E-state index contributed by atoms with van der Waals surface area (Å²) in [5, 5.41) is 0. The van der Waals surface area contributed by atoms with E-state index in [9.17, 15) is 18.0 Å². The third-order valence-corrected chi connectivity index (χ3v) is 5.40. The summed E-state index contributed by atoms with van der Waals surface area (Å²) in [6.07, 6.45) is -3.19. The van der Waals surface area contributed by atoms with E-state index in [1.54, 1.807) is 4.90 Å². The van der Waals surface area contributed by atoms with Crippen molar-refractivity contribution in [3.05, 3.63) is 41.3 Å². The molecule has 2 aliphatic heterocycles. The number of carbonyl (C=O) groups is 1. The minimum absolute atomic E-state index is 0.0521. The SMILES string of the molecule is Cc1cc(C)nc(N2C[C@H]3CN(C(=O)c4cccnc4OCC(F)(F)F)C[C@H]3C2)n1. The zero-order valence-corrected chi connectivity index (χ0v) is 16.7. The predicted molar refractivity (Wildman–Crippen MR) is 102 cm³/mol. The van der Waals surface area contributed by atoms with E-state index < -0.39 is 12.8 Å². The number of alkyl halides is 3. The van der Waals surface area contributed by atoms with Crippen molar-refractivity contribution in [2.45, 2.75) is 20.0 Å². The van der Waals surface area contributed by atoms with E-state index in [4.69, 9.17) is 4.74 Å². The van der Waals surface area contributed by atoms with E-state index >= 15 is 0 Å². The van der Waals surface area contributed by atoms with Gasteiger partial charge in [-0.15, -0.1) is 0 Å². The Hall–Kier alpha value is -2.91. The Labute approximate surface area is 171 Å². The summed E-state index contributed by atoms with van der Waals surface area (Å²) in [6, 6.07) is 4.89. The lowest BCUT2D eigenvalue weighted by molar-refractivity contribution is -0.154. The number of aromatic nitrogens is 3. The first kappa shape index (κ1) is 20.4. The van der Waals surface area contributed by atoms with Crippen LogP contribution in [0.2, 0.25) is 0 Å². The van der Waals surface area contributed by atoms with E-state index in [2.05, 4.69) is 19.9 Å². The molecule has 0 bridgehead atoms. The Morgan fingerprint density at radius 1 is 1.13 bits per heavy atom. The van der Waals surface area contributed by atoms with Crippen LogP contribution in [0.25, 0.3) is 0 Å². The lowest BCUT2D eigenvalue weighted by Crippen LogP contribution is -2.34. The summed E-state index contributed by atoms with van der Waals surface area (Å²) in [5.74, 6) is 0.574. The molecule has 0 saturated carbocycles. The molecule has 0 aromatic carbocycles. The monoisotopic (exact) mass is 421 g/mol. The van der Waals surface area contributed by atoms with E-state index in [1.807, 2.05) is 19.9 Å². The molecule has 2 saturated heterocycles. The van der Waals surface area contributed by atoms with E-state index in [1.165, 1.54) is 18.3 Å². The van der Waals surface area contributed by atoms with Crippen LogP contribution < -0.4 is 9.64 Å². The average Bonchev–Trinajstić information content (AvgIpc) is 3.24. The van der Waals surface area contributed by atoms with Crippen LogP contribution in [0.4, 0.5) is 19.1 Å². The van der Waals surface area contributed by atoms with Gasteiger partial charge < -0.3 is 14.5 Å². The molecule has 160 valence electrons. The van der Waals surface area contributed by atoms with Gasteiger partial charge in [-0.2, -0.15) is 13.2 Å². The van der Waals surface area contributed by atoms with Crippen molar-refractivity contribution in [3.63, 3.8) is 0 Å². The minimum Gasteiger partial charge on any atom is -0.467 e. The summed E-state index contributed by atoms with van der Waals surface area (Å²) in [6.45, 7) is 4.91. The van der Waals surface area contributed by atoms with Crippen LogP contribution in [-0.2, 0) is 0 Å². The van der Waals surface area contributed by atoms with E-state index in [-0.39, 0.29) is 29.2 Å². The number of hydrogen-bond donors (Lipinski definition) is 0. The zero-order chi connectivity index (χ0) is 21.5. The topological polar surface area (TPSA) is 71.5 Å². The van der Waals surface area contributed by atoms with Gasteiger partial charge in [-0.25, -0.2) is 15.0 Å². The first-order valence-corrected chi connectivity index (χ1v) is 9.70. The first-order valence-electron chi connectivity index (χ1n) is 9.70. The Balaban J connectivity index is 1.42. The van der Waals surface area contributed by atoms with Gasteiger partial charge in [-0.05, 0) is 32.0 Å². The van der Waals surface area contributed by atoms with Gasteiger partial charge in [0.15, 0.2) is 6.61 Å². The molecule has 2 aliphatic rings. The molecule has 0 aliphatic carbocycles. The summed E-state index contributed by atoms with van der Waals surface area (Å²) in [7, 11) is 0. The lowest BCUT2D eigenvalue weighted by Gasteiger charge is -2.23. The lowest BCUT2D eigenvalue weighted by atomic mass is 10.0. The van der Waals surface area contributed by atoms with Crippen molar-refractivity contribution < 1.29 is 22.7 Å². The number of pyridine rings is 1. The number of ether oxygens (including phenoxy) is 1. The Bertz CT molecular complexity index is 918. The maximum atomic E-state index is 13.0. The number of carbonyl (C=O) groups excluding carboxylic acids is 1. The Kier molecular flexibility index (Phi) is 5.25. The molecule has 2 atom stereocenters. The number of nitrogens with zero attached hydrogens (tertiary/aromatic N) is 5. The highest BCUT2D eigenvalue weighted by Gasteiger charge is 2.43. The zero-order valence-electron chi connectivity index (χ0n) is 16.7. The van der Waals surface area contributed by atoms with Gasteiger partial charge in [-0.3, -0.25) is 4.79 Å². The fourth-order valence-electron chi connectivity index (χ4n) is 4.16. The molecular weight excluding hydrogens is 399 g/mol. The molecule has 4 heterocycles. The molecule has 2 fully saturated rings. The summed E-state index contributed by atoms with van der Waals surface area (Å²) in [5.41, 5.74) is 1.87. The molecule has 4 rings (SSSR count). The molecule has 10 heteroatoms. The Morgan fingerprint density at radius 2 is 1.77 bits per heavy atom. The summed E-state index contributed by atoms with van der Waals surface area (Å²) < 4.78 is 42.2. The third-order valence-electron chi connectivity index (χ3n) is 5.40. The smallest absolute Gasteiger partial charge is 0.422 e. The number of hydrogen-bond acceptors (Lipinski definition) is 6. The van der Waals surface area contributed by atoms with Crippen LogP contribution in [0.15, 0.2) is 24.4 Å². The van der Waals surface area contributed by atoms with Crippen LogP contribution in [0.3, 0.4) is 0 Å². The maximum absolute atomic E-state index is 13.0. The highest BCUT2D eigenvalue weighted by Crippen LogP contribution is 2.34. The molecule has 0 spiro atoms. The number of rotatable bonds is 4.